The van der Waals surface area contributed by atoms with Crippen LogP contribution in [0, 0.1) is 6.92 Å². The van der Waals surface area contributed by atoms with Crippen LogP contribution in [0.2, 0.25) is 0 Å². The van der Waals surface area contributed by atoms with Gasteiger partial charge in [-0.15, -0.1) is 0 Å². The van der Waals surface area contributed by atoms with Gasteiger partial charge >= 0.3 is 0 Å². The van der Waals surface area contributed by atoms with Crippen LogP contribution in [-0.4, -0.2) is 31.2 Å². The average Bonchev–Trinajstić information content (AvgIpc) is 2.29. The van der Waals surface area contributed by atoms with Crippen LogP contribution in [0.5, 0.6) is 0 Å². The molecular weight excluding hydrogens is 198 g/mol. The molecule has 90 valence electrons. The normalized spacial score (nSPS) is 10.4. The molecule has 1 aromatic rings. The third-order valence-corrected chi connectivity index (χ3v) is 2.59. The molecule has 3 heteroatoms. The van der Waals surface area contributed by atoms with Gasteiger partial charge in [0.2, 0.25) is 0 Å². The van der Waals surface area contributed by atoms with Crippen LogP contribution in [-0.2, 0) is 0 Å². The Morgan fingerprint density at radius 2 is 2.12 bits per heavy atom. The lowest BCUT2D eigenvalue weighted by Crippen LogP contribution is -2.32. The Balaban J connectivity index is 2.47. The molecular formula is C13H23N3. The lowest BCUT2D eigenvalue weighted by atomic mass is 10.3. The molecule has 0 aliphatic carbocycles. The molecule has 0 fully saturated rings. The Bertz CT molecular complexity index is 299. The summed E-state index contributed by atoms with van der Waals surface area (Å²) in [7, 11) is 0. The van der Waals surface area contributed by atoms with E-state index in [0.717, 1.165) is 32.0 Å². The Morgan fingerprint density at radius 3 is 2.75 bits per heavy atom. The molecule has 0 unspecified atom stereocenters. The molecule has 0 aliphatic heterocycles. The summed E-state index contributed by atoms with van der Waals surface area (Å²) in [6.45, 7) is 10.6. The molecule has 16 heavy (non-hydrogen) atoms. The first-order valence-electron chi connectivity index (χ1n) is 6.16. The van der Waals surface area contributed by atoms with E-state index in [0.29, 0.717) is 0 Å². The minimum atomic E-state index is 1.00. The van der Waals surface area contributed by atoms with Gasteiger partial charge < -0.3 is 10.2 Å². The molecule has 0 aliphatic rings. The highest BCUT2D eigenvalue weighted by Gasteiger charge is 2.04. The van der Waals surface area contributed by atoms with E-state index in [9.17, 15) is 0 Å². The zero-order valence-electron chi connectivity index (χ0n) is 10.7. The number of aryl methyl sites for hydroxylation is 1. The topological polar surface area (TPSA) is 28.2 Å². The second-order valence-corrected chi connectivity index (χ2v) is 4.02. The van der Waals surface area contributed by atoms with Crippen LogP contribution in [0.3, 0.4) is 0 Å². The maximum atomic E-state index is 4.41. The minimum Gasteiger partial charge on any atom is -0.356 e. The Hall–Kier alpha value is -1.09. The van der Waals surface area contributed by atoms with Gasteiger partial charge in [-0.25, -0.2) is 4.98 Å². The number of nitrogens with one attached hydrogen (secondary N) is 1. The predicted octanol–water partition coefficient (Wildman–Crippen LogP) is 2.22. The van der Waals surface area contributed by atoms with Crippen LogP contribution in [0.25, 0.3) is 0 Å². The van der Waals surface area contributed by atoms with E-state index in [1.165, 1.54) is 12.0 Å². The number of anilines is 1. The predicted molar refractivity (Wildman–Crippen MR) is 70.0 cm³/mol. The van der Waals surface area contributed by atoms with Gasteiger partial charge in [-0.3, -0.25) is 0 Å². The number of hydrogen-bond acceptors (Lipinski definition) is 3. The second-order valence-electron chi connectivity index (χ2n) is 4.02. The van der Waals surface area contributed by atoms with Gasteiger partial charge in [-0.2, -0.15) is 0 Å². The van der Waals surface area contributed by atoms with E-state index in [-0.39, 0.29) is 0 Å². The van der Waals surface area contributed by atoms with Crippen molar-refractivity contribution in [1.82, 2.24) is 10.3 Å². The molecule has 0 spiro atoms. The molecule has 1 heterocycles. The fraction of sp³-hybridized carbons (Fsp3) is 0.615. The highest BCUT2D eigenvalue weighted by atomic mass is 15.2. The Morgan fingerprint density at radius 1 is 1.31 bits per heavy atom. The smallest absolute Gasteiger partial charge is 0.128 e. The van der Waals surface area contributed by atoms with Crippen molar-refractivity contribution in [1.29, 1.82) is 0 Å². The minimum absolute atomic E-state index is 1.00. The maximum absolute atomic E-state index is 4.41. The van der Waals surface area contributed by atoms with Crippen LogP contribution < -0.4 is 10.2 Å². The van der Waals surface area contributed by atoms with E-state index in [2.05, 4.69) is 42.0 Å². The average molecular weight is 221 g/mol. The first kappa shape index (κ1) is 13.0. The largest absolute Gasteiger partial charge is 0.356 e. The zero-order chi connectivity index (χ0) is 11.8. The summed E-state index contributed by atoms with van der Waals surface area (Å²) in [6.07, 6.45) is 3.07. The number of rotatable bonds is 7. The van der Waals surface area contributed by atoms with Gasteiger partial charge in [0.05, 0.1) is 0 Å². The molecule has 1 aromatic heterocycles. The lowest BCUT2D eigenvalue weighted by Gasteiger charge is -2.22. The van der Waals surface area contributed by atoms with Gasteiger partial charge in [0.1, 0.15) is 5.82 Å². The molecule has 0 radical (unpaired) electrons. The van der Waals surface area contributed by atoms with Gasteiger partial charge in [0.15, 0.2) is 0 Å². The van der Waals surface area contributed by atoms with E-state index in [1.54, 1.807) is 0 Å². The second kappa shape index (κ2) is 7.23. The van der Waals surface area contributed by atoms with Crippen LogP contribution >= 0.6 is 0 Å². The van der Waals surface area contributed by atoms with Gasteiger partial charge in [-0.05, 0) is 44.5 Å². The van der Waals surface area contributed by atoms with Crippen molar-refractivity contribution >= 4 is 5.82 Å². The maximum Gasteiger partial charge on any atom is 0.128 e. The number of hydrogen-bond donors (Lipinski definition) is 1. The van der Waals surface area contributed by atoms with Crippen molar-refractivity contribution in [2.24, 2.45) is 0 Å². The third-order valence-electron chi connectivity index (χ3n) is 2.59. The summed E-state index contributed by atoms with van der Waals surface area (Å²) >= 11 is 0. The number of aromatic nitrogens is 1. The molecule has 3 nitrogen and oxygen atoms in total. The van der Waals surface area contributed by atoms with E-state index in [4.69, 9.17) is 0 Å². The van der Waals surface area contributed by atoms with Crippen molar-refractivity contribution in [2.45, 2.75) is 27.2 Å². The first-order chi connectivity index (χ1) is 7.77. The number of likely N-dealkylation sites (N-methyl/N-ethyl adjacent to an activating group) is 1. The highest BCUT2D eigenvalue weighted by molar-refractivity contribution is 5.40. The Labute approximate surface area is 98.9 Å². The van der Waals surface area contributed by atoms with Crippen LogP contribution in [0.1, 0.15) is 25.8 Å². The zero-order valence-corrected chi connectivity index (χ0v) is 10.7. The molecule has 0 aromatic carbocycles. The van der Waals surface area contributed by atoms with E-state index < -0.39 is 0 Å². The van der Waals surface area contributed by atoms with Gasteiger partial charge in [-0.1, -0.05) is 6.92 Å². The van der Waals surface area contributed by atoms with Crippen molar-refractivity contribution in [2.75, 3.05) is 31.1 Å². The molecule has 0 saturated heterocycles. The third kappa shape index (κ3) is 4.19. The van der Waals surface area contributed by atoms with Crippen LogP contribution in [0.4, 0.5) is 5.82 Å². The monoisotopic (exact) mass is 221 g/mol. The van der Waals surface area contributed by atoms with Crippen molar-refractivity contribution in [3.8, 4) is 0 Å². The molecule has 0 atom stereocenters. The fourth-order valence-corrected chi connectivity index (χ4v) is 1.64. The van der Waals surface area contributed by atoms with Crippen molar-refractivity contribution in [3.63, 3.8) is 0 Å². The molecule has 0 saturated carbocycles. The molecule has 1 rings (SSSR count). The first-order valence-corrected chi connectivity index (χ1v) is 6.16. The van der Waals surface area contributed by atoms with Crippen LogP contribution in [0.15, 0.2) is 18.3 Å². The number of nitrogens with zero attached hydrogens (tertiary/aromatic N) is 2. The molecule has 1 N–H and O–H groups in total. The fourth-order valence-electron chi connectivity index (χ4n) is 1.64. The summed E-state index contributed by atoms with van der Waals surface area (Å²) < 4.78 is 0. The highest BCUT2D eigenvalue weighted by Crippen LogP contribution is 2.10. The quantitative estimate of drug-likeness (QED) is 0.716. The molecule has 0 bridgehead atoms. The summed E-state index contributed by atoms with van der Waals surface area (Å²) in [4.78, 5) is 6.71. The summed E-state index contributed by atoms with van der Waals surface area (Å²) in [6, 6.07) is 4.18. The van der Waals surface area contributed by atoms with E-state index in [1.807, 2.05) is 12.3 Å². The summed E-state index contributed by atoms with van der Waals surface area (Å²) in [5, 5.41) is 3.41. The van der Waals surface area contributed by atoms with E-state index >= 15 is 0 Å². The molecule has 0 amide bonds. The lowest BCUT2D eigenvalue weighted by molar-refractivity contribution is 0.652. The van der Waals surface area contributed by atoms with Crippen molar-refractivity contribution in [3.05, 3.63) is 23.9 Å². The summed E-state index contributed by atoms with van der Waals surface area (Å²) in [5.74, 6) is 1.08. The number of pyridine rings is 1. The summed E-state index contributed by atoms with van der Waals surface area (Å²) in [5.41, 5.74) is 1.27. The SMILES string of the molecule is CCCNCCN(CC)c1cc(C)ccn1. The van der Waals surface area contributed by atoms with Gasteiger partial charge in [0, 0.05) is 25.8 Å². The van der Waals surface area contributed by atoms with Gasteiger partial charge in [0.25, 0.3) is 0 Å². The van der Waals surface area contributed by atoms with Crippen molar-refractivity contribution < 1.29 is 0 Å². The standard InChI is InChI=1S/C13H23N3/c1-4-7-14-9-10-16(5-2)13-11-12(3)6-8-15-13/h6,8,11,14H,4-5,7,9-10H2,1-3H3. The Kier molecular flexibility index (Phi) is 5.86.